The number of aliphatic imine (C=N–C) groups is 1. The van der Waals surface area contributed by atoms with Gasteiger partial charge in [-0.3, -0.25) is 4.99 Å². The molecule has 2 aliphatic rings. The highest BCUT2D eigenvalue weighted by atomic mass is 32.2. The van der Waals surface area contributed by atoms with E-state index in [9.17, 15) is 8.78 Å². The topological polar surface area (TPSA) is 24.4 Å². The highest BCUT2D eigenvalue weighted by Gasteiger charge is 2.29. The molecule has 0 spiro atoms. The first-order chi connectivity index (χ1) is 9.65. The predicted molar refractivity (Wildman–Crippen MR) is 80.4 cm³/mol. The summed E-state index contributed by atoms with van der Waals surface area (Å²) in [7, 11) is 0. The zero-order valence-corrected chi connectivity index (χ0v) is 12.3. The lowest BCUT2D eigenvalue weighted by molar-refractivity contribution is 0.336. The molecule has 1 aromatic rings. The van der Waals surface area contributed by atoms with Crippen LogP contribution in [0, 0.1) is 24.5 Å². The van der Waals surface area contributed by atoms with Crippen LogP contribution in [0.3, 0.4) is 0 Å². The summed E-state index contributed by atoms with van der Waals surface area (Å²) in [6, 6.07) is 3.06. The molecule has 1 saturated carbocycles. The van der Waals surface area contributed by atoms with Gasteiger partial charge in [0.05, 0.1) is 6.04 Å². The molecule has 0 radical (unpaired) electrons. The van der Waals surface area contributed by atoms with Gasteiger partial charge in [0.1, 0.15) is 11.5 Å². The maximum Gasteiger partial charge on any atom is 0.161 e. The predicted octanol–water partition coefficient (Wildman–Crippen LogP) is 4.35. The summed E-state index contributed by atoms with van der Waals surface area (Å²) in [5.41, 5.74) is 0.358. The van der Waals surface area contributed by atoms with E-state index in [1.807, 2.05) is 0 Å². The van der Waals surface area contributed by atoms with Crippen LogP contribution < -0.4 is 5.32 Å². The molecule has 0 saturated heterocycles. The van der Waals surface area contributed by atoms with Crippen LogP contribution in [-0.4, -0.2) is 17.0 Å². The molecule has 5 heteroatoms. The summed E-state index contributed by atoms with van der Waals surface area (Å²) in [6.07, 6.45) is 4.80. The van der Waals surface area contributed by atoms with E-state index in [4.69, 9.17) is 0 Å². The third kappa shape index (κ3) is 2.68. The number of aryl methyl sites for hydroxylation is 1. The lowest BCUT2D eigenvalue weighted by Gasteiger charge is -2.32. The molecule has 1 aliphatic carbocycles. The number of rotatable bonds is 1. The monoisotopic (exact) mass is 296 g/mol. The van der Waals surface area contributed by atoms with Crippen LogP contribution in [0.5, 0.6) is 0 Å². The first-order valence-corrected chi connectivity index (χ1v) is 8.06. The Balaban J connectivity index is 1.81. The molecule has 1 heterocycles. The van der Waals surface area contributed by atoms with Crippen LogP contribution in [0.4, 0.5) is 14.5 Å². The van der Waals surface area contributed by atoms with Crippen LogP contribution in [0.25, 0.3) is 0 Å². The third-order valence-electron chi connectivity index (χ3n) is 4.10. The molecule has 0 amide bonds. The Morgan fingerprint density at radius 2 is 2.05 bits per heavy atom. The summed E-state index contributed by atoms with van der Waals surface area (Å²) in [6.45, 7) is 1.63. The van der Waals surface area contributed by atoms with E-state index in [-0.39, 0.29) is 5.69 Å². The van der Waals surface area contributed by atoms with Gasteiger partial charge in [-0.05, 0) is 37.3 Å². The van der Waals surface area contributed by atoms with Gasteiger partial charge in [-0.1, -0.05) is 30.7 Å². The van der Waals surface area contributed by atoms with Crippen LogP contribution in [0.2, 0.25) is 0 Å². The molecule has 1 aliphatic heterocycles. The Kier molecular flexibility index (Phi) is 3.96. The van der Waals surface area contributed by atoms with E-state index >= 15 is 0 Å². The van der Waals surface area contributed by atoms with Gasteiger partial charge in [-0.15, -0.1) is 0 Å². The average molecular weight is 296 g/mol. The molecule has 1 fully saturated rings. The number of nitrogens with zero attached hydrogens (tertiary/aromatic N) is 1. The number of anilines is 1. The van der Waals surface area contributed by atoms with Crippen molar-refractivity contribution in [1.82, 2.24) is 0 Å². The van der Waals surface area contributed by atoms with Gasteiger partial charge in [0.2, 0.25) is 0 Å². The van der Waals surface area contributed by atoms with Gasteiger partial charge in [0.15, 0.2) is 11.0 Å². The molecule has 0 bridgehead atoms. The smallest absolute Gasteiger partial charge is 0.161 e. The molecule has 20 heavy (non-hydrogen) atoms. The number of fused-ring (bicyclic) bond motifs is 1. The SMILES string of the molecule is Cc1ccc(F)c(NC2=NC3CCCCC3CS2)c1F. The second-order valence-corrected chi connectivity index (χ2v) is 6.54. The molecule has 1 aromatic carbocycles. The third-order valence-corrected chi connectivity index (χ3v) is 5.18. The fraction of sp³-hybridized carbons (Fsp3) is 0.533. The molecule has 108 valence electrons. The van der Waals surface area contributed by atoms with Crippen molar-refractivity contribution in [2.45, 2.75) is 38.6 Å². The molecule has 2 atom stereocenters. The summed E-state index contributed by atoms with van der Waals surface area (Å²) in [4.78, 5) is 4.65. The van der Waals surface area contributed by atoms with Gasteiger partial charge < -0.3 is 5.32 Å². The maximum atomic E-state index is 14.0. The minimum atomic E-state index is -0.567. The maximum absolute atomic E-state index is 14.0. The molecular weight excluding hydrogens is 278 g/mol. The Morgan fingerprint density at radius 3 is 2.90 bits per heavy atom. The van der Waals surface area contributed by atoms with Crippen molar-refractivity contribution in [1.29, 1.82) is 0 Å². The Morgan fingerprint density at radius 1 is 1.25 bits per heavy atom. The van der Waals surface area contributed by atoms with E-state index in [0.717, 1.165) is 12.2 Å². The van der Waals surface area contributed by atoms with Gasteiger partial charge in [-0.25, -0.2) is 8.78 Å². The molecule has 0 aromatic heterocycles. The van der Waals surface area contributed by atoms with Crippen LogP contribution >= 0.6 is 11.8 Å². The van der Waals surface area contributed by atoms with E-state index in [1.54, 1.807) is 18.7 Å². The molecule has 1 N–H and O–H groups in total. The van der Waals surface area contributed by atoms with Crippen molar-refractivity contribution >= 4 is 22.6 Å². The first kappa shape index (κ1) is 13.9. The zero-order valence-electron chi connectivity index (χ0n) is 11.5. The normalized spacial score (nSPS) is 25.9. The number of thioether (sulfide) groups is 1. The molecule has 2 nitrogen and oxygen atoms in total. The van der Waals surface area contributed by atoms with Gasteiger partial charge >= 0.3 is 0 Å². The molecule has 2 unspecified atom stereocenters. The standard InChI is InChI=1S/C15H18F2N2S/c1-9-6-7-11(16)14(13(9)17)19-15-18-12-5-3-2-4-10(12)8-20-15/h6-7,10,12H,2-5,8H2,1H3,(H,18,19). The van der Waals surface area contributed by atoms with E-state index in [0.29, 0.717) is 22.7 Å². The minimum absolute atomic E-state index is 0.0782. The van der Waals surface area contributed by atoms with Crippen molar-refractivity contribution in [2.24, 2.45) is 10.9 Å². The van der Waals surface area contributed by atoms with Gasteiger partial charge in [0.25, 0.3) is 0 Å². The number of benzene rings is 1. The number of hydrogen-bond acceptors (Lipinski definition) is 3. The van der Waals surface area contributed by atoms with Crippen LogP contribution in [-0.2, 0) is 0 Å². The summed E-state index contributed by atoms with van der Waals surface area (Å²) in [5, 5.41) is 3.50. The first-order valence-electron chi connectivity index (χ1n) is 7.07. The quantitative estimate of drug-likeness (QED) is 0.833. The van der Waals surface area contributed by atoms with Crippen LogP contribution in [0.1, 0.15) is 31.2 Å². The fourth-order valence-corrected chi connectivity index (χ4v) is 4.02. The Labute approximate surface area is 122 Å². The largest absolute Gasteiger partial charge is 0.330 e. The second kappa shape index (κ2) is 5.72. The van der Waals surface area contributed by atoms with E-state index < -0.39 is 11.6 Å². The Bertz CT molecular complexity index is 545. The van der Waals surface area contributed by atoms with E-state index in [2.05, 4.69) is 10.3 Å². The number of halogens is 2. The zero-order chi connectivity index (χ0) is 14.1. The highest BCUT2D eigenvalue weighted by molar-refractivity contribution is 8.14. The van der Waals surface area contributed by atoms with E-state index in [1.165, 1.54) is 31.4 Å². The van der Waals surface area contributed by atoms with Crippen molar-refractivity contribution in [3.05, 3.63) is 29.3 Å². The summed E-state index contributed by atoms with van der Waals surface area (Å²) < 4.78 is 27.7. The van der Waals surface area contributed by atoms with Crippen molar-refractivity contribution in [2.75, 3.05) is 11.1 Å². The minimum Gasteiger partial charge on any atom is -0.330 e. The van der Waals surface area contributed by atoms with Crippen molar-refractivity contribution in [3.8, 4) is 0 Å². The number of hydrogen-bond donors (Lipinski definition) is 1. The fourth-order valence-electron chi connectivity index (χ4n) is 2.87. The van der Waals surface area contributed by atoms with Crippen LogP contribution in [0.15, 0.2) is 17.1 Å². The summed E-state index contributed by atoms with van der Waals surface area (Å²) >= 11 is 1.57. The van der Waals surface area contributed by atoms with Crippen molar-refractivity contribution < 1.29 is 8.78 Å². The average Bonchev–Trinajstić information content (AvgIpc) is 2.47. The number of nitrogens with one attached hydrogen (secondary N) is 1. The molecular formula is C15H18F2N2S. The lowest BCUT2D eigenvalue weighted by Crippen LogP contribution is -2.32. The highest BCUT2D eigenvalue weighted by Crippen LogP contribution is 2.35. The summed E-state index contributed by atoms with van der Waals surface area (Å²) in [5.74, 6) is 0.527. The van der Waals surface area contributed by atoms with Crippen molar-refractivity contribution in [3.63, 3.8) is 0 Å². The van der Waals surface area contributed by atoms with Gasteiger partial charge in [0, 0.05) is 5.75 Å². The molecule has 3 rings (SSSR count). The second-order valence-electron chi connectivity index (χ2n) is 5.54. The lowest BCUT2D eigenvalue weighted by atomic mass is 9.86. The van der Waals surface area contributed by atoms with Gasteiger partial charge in [-0.2, -0.15) is 0 Å². The number of amidine groups is 1. The Hall–Kier alpha value is -1.10.